The zero-order valence-electron chi connectivity index (χ0n) is 9.65. The average Bonchev–Trinajstić information content (AvgIpc) is 2.31. The maximum atomic E-state index is 12.2. The highest BCUT2D eigenvalue weighted by Gasteiger charge is 2.44. The Morgan fingerprint density at radius 1 is 1.25 bits per heavy atom. The Morgan fingerprint density at radius 3 is 2.56 bits per heavy atom. The lowest BCUT2D eigenvalue weighted by molar-refractivity contribution is -0.149. The number of carbonyl (C=O) groups excluding carboxylic acids is 1. The summed E-state index contributed by atoms with van der Waals surface area (Å²) in [6.45, 7) is 3.67. The van der Waals surface area contributed by atoms with Crippen molar-refractivity contribution in [2.75, 3.05) is 26.3 Å². The maximum Gasteiger partial charge on any atom is 0.223 e. The molecule has 4 nitrogen and oxygen atoms in total. The van der Waals surface area contributed by atoms with Crippen LogP contribution in [-0.2, 0) is 9.53 Å². The smallest absolute Gasteiger partial charge is 0.223 e. The summed E-state index contributed by atoms with van der Waals surface area (Å²) in [7, 11) is 0. The van der Waals surface area contributed by atoms with Gasteiger partial charge in [-0.25, -0.2) is 0 Å². The minimum Gasteiger partial charge on any atom is -0.381 e. The van der Waals surface area contributed by atoms with Crippen LogP contribution in [0, 0.1) is 5.92 Å². The molecule has 3 rings (SSSR count). The molecule has 3 aliphatic rings. The van der Waals surface area contributed by atoms with Crippen LogP contribution in [0.25, 0.3) is 0 Å². The number of hydrogen-bond donors (Lipinski definition) is 1. The number of fused-ring (bicyclic) bond motifs is 2. The van der Waals surface area contributed by atoms with Crippen molar-refractivity contribution >= 4 is 5.91 Å². The topological polar surface area (TPSA) is 41.6 Å². The van der Waals surface area contributed by atoms with Gasteiger partial charge in [-0.15, -0.1) is 0 Å². The number of ether oxygens (including phenoxy) is 1. The molecule has 90 valence electrons. The summed E-state index contributed by atoms with van der Waals surface area (Å²) >= 11 is 0. The third kappa shape index (κ3) is 1.84. The van der Waals surface area contributed by atoms with Gasteiger partial charge in [0.05, 0.1) is 0 Å². The standard InChI is InChI=1S/C12H20N2O2/c15-12(5-9-1-3-16-4-2-9)14-10-6-11(14)8-13-7-10/h9-11,13H,1-8H2. The number of carbonyl (C=O) groups is 1. The first-order valence-corrected chi connectivity index (χ1v) is 6.44. The Balaban J connectivity index is 1.53. The fourth-order valence-corrected chi connectivity index (χ4v) is 3.19. The number of hydrogen-bond acceptors (Lipinski definition) is 3. The number of piperazine rings is 1. The van der Waals surface area contributed by atoms with Crippen LogP contribution < -0.4 is 5.32 Å². The lowest BCUT2D eigenvalue weighted by Crippen LogP contribution is -2.69. The van der Waals surface area contributed by atoms with Crippen molar-refractivity contribution in [1.82, 2.24) is 10.2 Å². The Morgan fingerprint density at radius 2 is 1.94 bits per heavy atom. The Bertz CT molecular complexity index is 262. The second-order valence-electron chi connectivity index (χ2n) is 5.26. The fraction of sp³-hybridized carbons (Fsp3) is 0.917. The van der Waals surface area contributed by atoms with Gasteiger partial charge in [0.2, 0.25) is 5.91 Å². The highest BCUT2D eigenvalue weighted by atomic mass is 16.5. The van der Waals surface area contributed by atoms with Crippen LogP contribution in [0.2, 0.25) is 0 Å². The van der Waals surface area contributed by atoms with E-state index in [0.29, 0.717) is 23.9 Å². The molecule has 16 heavy (non-hydrogen) atoms. The lowest BCUT2D eigenvalue weighted by Gasteiger charge is -2.53. The molecule has 0 saturated carbocycles. The van der Waals surface area contributed by atoms with Gasteiger partial charge in [0.25, 0.3) is 0 Å². The molecular formula is C12H20N2O2. The van der Waals surface area contributed by atoms with E-state index in [4.69, 9.17) is 4.74 Å². The molecule has 2 bridgehead atoms. The molecule has 2 unspecified atom stereocenters. The van der Waals surface area contributed by atoms with Crippen molar-refractivity contribution in [1.29, 1.82) is 0 Å². The first-order chi connectivity index (χ1) is 7.84. The number of nitrogens with one attached hydrogen (secondary N) is 1. The zero-order valence-corrected chi connectivity index (χ0v) is 9.65. The van der Waals surface area contributed by atoms with E-state index in [1.54, 1.807) is 0 Å². The van der Waals surface area contributed by atoms with Gasteiger partial charge in [0.1, 0.15) is 0 Å². The van der Waals surface area contributed by atoms with Crippen LogP contribution in [0.15, 0.2) is 0 Å². The summed E-state index contributed by atoms with van der Waals surface area (Å²) in [6, 6.07) is 0.984. The van der Waals surface area contributed by atoms with Crippen LogP contribution in [0.1, 0.15) is 25.7 Å². The zero-order chi connectivity index (χ0) is 11.0. The van der Waals surface area contributed by atoms with Gasteiger partial charge in [-0.05, 0) is 25.2 Å². The van der Waals surface area contributed by atoms with E-state index < -0.39 is 0 Å². The SMILES string of the molecule is O=C(CC1CCOCC1)N1C2CNCC1C2. The van der Waals surface area contributed by atoms with Crippen molar-refractivity contribution < 1.29 is 9.53 Å². The van der Waals surface area contributed by atoms with Crippen LogP contribution >= 0.6 is 0 Å². The molecule has 1 amide bonds. The molecule has 3 heterocycles. The summed E-state index contributed by atoms with van der Waals surface area (Å²) in [5, 5.41) is 3.36. The first kappa shape index (κ1) is 10.5. The van der Waals surface area contributed by atoms with Crippen molar-refractivity contribution in [3.63, 3.8) is 0 Å². The maximum absolute atomic E-state index is 12.2. The first-order valence-electron chi connectivity index (χ1n) is 6.44. The molecule has 0 aromatic carbocycles. The Hall–Kier alpha value is -0.610. The molecular weight excluding hydrogens is 204 g/mol. The molecule has 0 aromatic rings. The number of amides is 1. The van der Waals surface area contributed by atoms with E-state index in [1.807, 2.05) is 0 Å². The Kier molecular flexibility index (Phi) is 2.86. The van der Waals surface area contributed by atoms with E-state index in [9.17, 15) is 4.79 Å². The molecule has 0 aromatic heterocycles. The molecule has 3 saturated heterocycles. The Labute approximate surface area is 96.3 Å². The van der Waals surface area contributed by atoms with E-state index >= 15 is 0 Å². The summed E-state index contributed by atoms with van der Waals surface area (Å²) in [5.41, 5.74) is 0. The van der Waals surface area contributed by atoms with Crippen LogP contribution in [-0.4, -0.2) is 49.2 Å². The molecule has 0 spiro atoms. The number of nitrogens with zero attached hydrogens (tertiary/aromatic N) is 1. The van der Waals surface area contributed by atoms with Gasteiger partial charge in [0, 0.05) is 44.8 Å². The molecule has 2 atom stereocenters. The van der Waals surface area contributed by atoms with Gasteiger partial charge < -0.3 is 15.0 Å². The van der Waals surface area contributed by atoms with Gasteiger partial charge in [-0.1, -0.05) is 0 Å². The van der Waals surface area contributed by atoms with E-state index in [1.165, 1.54) is 6.42 Å². The third-order valence-corrected chi connectivity index (χ3v) is 4.18. The predicted molar refractivity (Wildman–Crippen MR) is 60.1 cm³/mol. The van der Waals surface area contributed by atoms with Gasteiger partial charge in [-0.2, -0.15) is 0 Å². The fourth-order valence-electron chi connectivity index (χ4n) is 3.19. The van der Waals surface area contributed by atoms with Crippen molar-refractivity contribution in [2.24, 2.45) is 5.92 Å². The number of rotatable bonds is 2. The summed E-state index contributed by atoms with van der Waals surface area (Å²) in [5.74, 6) is 0.949. The van der Waals surface area contributed by atoms with Crippen molar-refractivity contribution in [3.05, 3.63) is 0 Å². The third-order valence-electron chi connectivity index (χ3n) is 4.18. The highest BCUT2D eigenvalue weighted by molar-refractivity contribution is 5.78. The molecule has 4 heteroatoms. The monoisotopic (exact) mass is 224 g/mol. The molecule has 1 N–H and O–H groups in total. The highest BCUT2D eigenvalue weighted by Crippen LogP contribution is 2.30. The van der Waals surface area contributed by atoms with E-state index in [2.05, 4.69) is 10.2 Å². The van der Waals surface area contributed by atoms with E-state index in [0.717, 1.165) is 45.6 Å². The summed E-state index contributed by atoms with van der Waals surface area (Å²) < 4.78 is 5.32. The molecule has 0 radical (unpaired) electrons. The lowest BCUT2D eigenvalue weighted by atomic mass is 9.86. The predicted octanol–water partition coefficient (Wildman–Crippen LogP) is 0.376. The second kappa shape index (κ2) is 4.34. The largest absolute Gasteiger partial charge is 0.381 e. The second-order valence-corrected chi connectivity index (χ2v) is 5.26. The quantitative estimate of drug-likeness (QED) is 0.737. The number of piperidine rings is 1. The molecule has 0 aliphatic carbocycles. The van der Waals surface area contributed by atoms with Gasteiger partial charge >= 0.3 is 0 Å². The van der Waals surface area contributed by atoms with Gasteiger partial charge in [-0.3, -0.25) is 4.79 Å². The molecule has 3 aliphatic heterocycles. The summed E-state index contributed by atoms with van der Waals surface area (Å²) in [4.78, 5) is 14.3. The minimum atomic E-state index is 0.384. The summed E-state index contributed by atoms with van der Waals surface area (Å²) in [6.07, 6.45) is 4.09. The molecule has 3 fully saturated rings. The minimum absolute atomic E-state index is 0.384. The van der Waals surface area contributed by atoms with Crippen molar-refractivity contribution in [3.8, 4) is 0 Å². The van der Waals surface area contributed by atoms with Crippen LogP contribution in [0.4, 0.5) is 0 Å². The van der Waals surface area contributed by atoms with Crippen LogP contribution in [0.5, 0.6) is 0 Å². The average molecular weight is 224 g/mol. The van der Waals surface area contributed by atoms with Gasteiger partial charge in [0.15, 0.2) is 0 Å². The van der Waals surface area contributed by atoms with Crippen molar-refractivity contribution in [2.45, 2.75) is 37.8 Å². The van der Waals surface area contributed by atoms with Crippen LogP contribution in [0.3, 0.4) is 0 Å². The normalized spacial score (nSPS) is 34.6. The van der Waals surface area contributed by atoms with E-state index in [-0.39, 0.29) is 0 Å².